The van der Waals surface area contributed by atoms with Crippen LogP contribution in [0.4, 0.5) is 5.69 Å². The van der Waals surface area contributed by atoms with E-state index in [0.717, 1.165) is 6.42 Å². The molecule has 112 valence electrons. The maximum Gasteiger partial charge on any atom is 0.181 e. The summed E-state index contributed by atoms with van der Waals surface area (Å²) in [5.74, 6) is 0.617. The van der Waals surface area contributed by atoms with Gasteiger partial charge in [-0.1, -0.05) is 19.1 Å². The molecule has 0 saturated carbocycles. The molecule has 2 aromatic rings. The fourth-order valence-corrected chi connectivity index (χ4v) is 2.97. The molecule has 0 heterocycles. The third-order valence-corrected chi connectivity index (χ3v) is 4.89. The first-order valence-electron chi connectivity index (χ1n) is 6.81. The normalized spacial score (nSPS) is 11.3. The first kappa shape index (κ1) is 15.4. The van der Waals surface area contributed by atoms with Crippen molar-refractivity contribution in [2.75, 3.05) is 18.1 Å². The Balaban J connectivity index is 1.93. The van der Waals surface area contributed by atoms with Crippen molar-refractivity contribution in [3.05, 3.63) is 54.1 Å². The van der Waals surface area contributed by atoms with Crippen molar-refractivity contribution in [2.45, 2.75) is 18.2 Å². The van der Waals surface area contributed by atoms with E-state index in [9.17, 15) is 8.42 Å². The number of rotatable bonds is 6. The van der Waals surface area contributed by atoms with Gasteiger partial charge in [-0.15, -0.1) is 0 Å². The van der Waals surface area contributed by atoms with Gasteiger partial charge in [0.15, 0.2) is 9.84 Å². The second kappa shape index (κ2) is 6.63. The minimum absolute atomic E-state index is 0.0630. The van der Waals surface area contributed by atoms with E-state index in [1.54, 1.807) is 12.1 Å². The summed E-state index contributed by atoms with van der Waals surface area (Å²) in [4.78, 5) is 0.265. The van der Waals surface area contributed by atoms with Crippen LogP contribution in [0.5, 0.6) is 5.75 Å². The van der Waals surface area contributed by atoms with Crippen LogP contribution >= 0.6 is 0 Å². The third-order valence-electron chi connectivity index (χ3n) is 3.19. The van der Waals surface area contributed by atoms with Crippen LogP contribution < -0.4 is 10.5 Å². The average molecular weight is 305 g/mol. The van der Waals surface area contributed by atoms with Crippen molar-refractivity contribution in [2.24, 2.45) is 0 Å². The summed E-state index contributed by atoms with van der Waals surface area (Å²) in [5.41, 5.74) is 7.31. The maximum absolute atomic E-state index is 12.1. The highest BCUT2D eigenvalue weighted by Gasteiger charge is 2.14. The molecule has 0 radical (unpaired) electrons. The number of ether oxygens (including phenoxy) is 1. The predicted octanol–water partition coefficient (Wildman–Crippen LogP) is 2.68. The molecule has 0 aliphatic rings. The number of sulfone groups is 1. The van der Waals surface area contributed by atoms with Gasteiger partial charge in [0.1, 0.15) is 12.4 Å². The number of hydrogen-bond donors (Lipinski definition) is 1. The van der Waals surface area contributed by atoms with Crippen LogP contribution in [-0.2, 0) is 16.3 Å². The molecule has 0 fully saturated rings. The average Bonchev–Trinajstić information content (AvgIpc) is 2.48. The van der Waals surface area contributed by atoms with Crippen molar-refractivity contribution in [3.63, 3.8) is 0 Å². The second-order valence-electron chi connectivity index (χ2n) is 4.73. The first-order valence-corrected chi connectivity index (χ1v) is 8.46. The Bertz CT molecular complexity index is 676. The molecule has 2 aromatic carbocycles. The van der Waals surface area contributed by atoms with Crippen LogP contribution in [0, 0.1) is 0 Å². The van der Waals surface area contributed by atoms with Crippen molar-refractivity contribution < 1.29 is 13.2 Å². The number of benzene rings is 2. The molecule has 21 heavy (non-hydrogen) atoms. The lowest BCUT2D eigenvalue weighted by molar-refractivity contribution is 0.341. The maximum atomic E-state index is 12.1. The van der Waals surface area contributed by atoms with Crippen LogP contribution in [0.2, 0.25) is 0 Å². The molecular formula is C16H19NO3S. The molecule has 5 heteroatoms. The van der Waals surface area contributed by atoms with E-state index in [4.69, 9.17) is 10.5 Å². The smallest absolute Gasteiger partial charge is 0.181 e. The first-order chi connectivity index (χ1) is 10.0. The van der Waals surface area contributed by atoms with Crippen molar-refractivity contribution in [1.82, 2.24) is 0 Å². The van der Waals surface area contributed by atoms with Gasteiger partial charge in [0.2, 0.25) is 0 Å². The van der Waals surface area contributed by atoms with Gasteiger partial charge >= 0.3 is 0 Å². The van der Waals surface area contributed by atoms with Crippen LogP contribution in [0.15, 0.2) is 53.4 Å². The summed E-state index contributed by atoms with van der Waals surface area (Å²) in [7, 11) is -3.34. The van der Waals surface area contributed by atoms with E-state index < -0.39 is 9.84 Å². The Morgan fingerprint density at radius 2 is 1.62 bits per heavy atom. The molecule has 0 unspecified atom stereocenters. The summed E-state index contributed by atoms with van der Waals surface area (Å²) in [5, 5.41) is 0. The summed E-state index contributed by atoms with van der Waals surface area (Å²) < 4.78 is 29.7. The highest BCUT2D eigenvalue weighted by atomic mass is 32.2. The van der Waals surface area contributed by atoms with E-state index in [2.05, 4.69) is 6.92 Å². The number of anilines is 1. The van der Waals surface area contributed by atoms with Crippen LogP contribution in [-0.4, -0.2) is 20.8 Å². The lowest BCUT2D eigenvalue weighted by Crippen LogP contribution is -2.14. The fraction of sp³-hybridized carbons (Fsp3) is 0.250. The Morgan fingerprint density at radius 1 is 1.00 bits per heavy atom. The van der Waals surface area contributed by atoms with Crippen molar-refractivity contribution >= 4 is 15.5 Å². The lowest BCUT2D eigenvalue weighted by atomic mass is 10.2. The van der Waals surface area contributed by atoms with Gasteiger partial charge in [0.05, 0.1) is 10.6 Å². The number of hydrogen-bond acceptors (Lipinski definition) is 4. The van der Waals surface area contributed by atoms with E-state index in [0.29, 0.717) is 11.4 Å². The Morgan fingerprint density at radius 3 is 2.19 bits per heavy atom. The molecule has 0 amide bonds. The second-order valence-corrected chi connectivity index (χ2v) is 6.84. The van der Waals surface area contributed by atoms with E-state index in [1.807, 2.05) is 24.3 Å². The van der Waals surface area contributed by atoms with Crippen molar-refractivity contribution in [3.8, 4) is 5.75 Å². The SMILES string of the molecule is CCc1ccc(OCCS(=O)(=O)c2ccc(N)cc2)cc1. The highest BCUT2D eigenvalue weighted by Crippen LogP contribution is 2.15. The highest BCUT2D eigenvalue weighted by molar-refractivity contribution is 7.91. The summed E-state index contributed by atoms with van der Waals surface area (Å²) in [6.45, 7) is 2.20. The Labute approximate surface area is 125 Å². The molecule has 2 N–H and O–H groups in total. The lowest BCUT2D eigenvalue weighted by Gasteiger charge is -2.08. The van der Waals surface area contributed by atoms with Crippen LogP contribution in [0.25, 0.3) is 0 Å². The summed E-state index contributed by atoms with van der Waals surface area (Å²) in [6, 6.07) is 13.9. The molecular weight excluding hydrogens is 286 g/mol. The zero-order valence-corrected chi connectivity index (χ0v) is 12.8. The number of nitrogens with two attached hydrogens (primary N) is 1. The molecule has 0 spiro atoms. The summed E-state index contributed by atoms with van der Waals surface area (Å²) in [6.07, 6.45) is 0.964. The molecule has 4 nitrogen and oxygen atoms in total. The number of aryl methyl sites for hydroxylation is 1. The molecule has 0 aliphatic carbocycles. The Hall–Kier alpha value is -2.01. The van der Waals surface area contributed by atoms with Gasteiger partial charge in [-0.05, 0) is 48.4 Å². The van der Waals surface area contributed by atoms with E-state index in [-0.39, 0.29) is 17.3 Å². The van der Waals surface area contributed by atoms with Gasteiger partial charge in [-0.3, -0.25) is 0 Å². The van der Waals surface area contributed by atoms with Crippen LogP contribution in [0.3, 0.4) is 0 Å². The third kappa shape index (κ3) is 4.23. The van der Waals surface area contributed by atoms with Gasteiger partial charge < -0.3 is 10.5 Å². The van der Waals surface area contributed by atoms with Gasteiger partial charge in [0.25, 0.3) is 0 Å². The van der Waals surface area contributed by atoms with E-state index >= 15 is 0 Å². The molecule has 0 saturated heterocycles. The number of nitrogen functional groups attached to an aromatic ring is 1. The molecule has 0 bridgehead atoms. The zero-order valence-electron chi connectivity index (χ0n) is 12.0. The van der Waals surface area contributed by atoms with E-state index in [1.165, 1.54) is 17.7 Å². The quantitative estimate of drug-likeness (QED) is 0.833. The predicted molar refractivity (Wildman–Crippen MR) is 84.2 cm³/mol. The largest absolute Gasteiger partial charge is 0.493 e. The van der Waals surface area contributed by atoms with Crippen LogP contribution in [0.1, 0.15) is 12.5 Å². The van der Waals surface area contributed by atoms with Crippen molar-refractivity contribution in [1.29, 1.82) is 0 Å². The summed E-state index contributed by atoms with van der Waals surface area (Å²) >= 11 is 0. The molecule has 0 aromatic heterocycles. The minimum Gasteiger partial charge on any atom is -0.493 e. The van der Waals surface area contributed by atoms with Gasteiger partial charge in [0, 0.05) is 5.69 Å². The minimum atomic E-state index is -3.34. The van der Waals surface area contributed by atoms with Gasteiger partial charge in [-0.25, -0.2) is 8.42 Å². The molecule has 2 rings (SSSR count). The standard InChI is InChI=1S/C16H19NO3S/c1-2-13-3-7-15(8-4-13)20-11-12-21(18,19)16-9-5-14(17)6-10-16/h3-10H,2,11-12,17H2,1H3. The fourth-order valence-electron chi connectivity index (χ4n) is 1.88. The zero-order chi connectivity index (χ0) is 15.3. The molecule has 0 atom stereocenters. The van der Waals surface area contributed by atoms with Gasteiger partial charge in [-0.2, -0.15) is 0 Å². The Kier molecular flexibility index (Phi) is 4.85. The topological polar surface area (TPSA) is 69.4 Å². The molecule has 0 aliphatic heterocycles. The monoisotopic (exact) mass is 305 g/mol.